The molecule has 0 aliphatic rings. The van der Waals surface area contributed by atoms with Crippen LogP contribution in [-0.4, -0.2) is 152 Å². The normalized spacial score (nSPS) is 11.5. The first-order chi connectivity index (χ1) is 25.4. The third-order valence-corrected chi connectivity index (χ3v) is 7.58. The zero-order valence-corrected chi connectivity index (χ0v) is 32.6. The first-order valence-corrected chi connectivity index (χ1v) is 20.0. The summed E-state index contributed by atoms with van der Waals surface area (Å²) in [7, 11) is 0. The minimum atomic E-state index is 0.504. The Kier molecular flexibility index (Phi) is 48.2. The largest absolute Gasteiger partial charge is 0.499 e. The van der Waals surface area contributed by atoms with Crippen molar-refractivity contribution >= 4 is 0 Å². The molecule has 0 rings (SSSR count). The van der Waals surface area contributed by atoms with Crippen molar-refractivity contribution in [3.63, 3.8) is 0 Å². The molecule has 0 aromatic rings. The van der Waals surface area contributed by atoms with E-state index in [4.69, 9.17) is 56.8 Å². The van der Waals surface area contributed by atoms with E-state index in [1.807, 2.05) is 0 Å². The van der Waals surface area contributed by atoms with Crippen LogP contribution >= 0.6 is 0 Å². The molecule has 0 bridgehead atoms. The maximum atomic E-state index is 5.68. The number of hydrogen-bond donors (Lipinski definition) is 0. The minimum absolute atomic E-state index is 0.504. The molecular formula is C39H78O12. The first-order valence-electron chi connectivity index (χ1n) is 20.0. The summed E-state index contributed by atoms with van der Waals surface area (Å²) in [5.74, 6) is 0. The third-order valence-electron chi connectivity index (χ3n) is 7.58. The predicted octanol–water partition coefficient (Wildman–Crippen LogP) is 6.42. The second kappa shape index (κ2) is 49.1. The van der Waals surface area contributed by atoms with Crippen molar-refractivity contribution in [2.45, 2.75) is 90.4 Å². The predicted molar refractivity (Wildman–Crippen MR) is 201 cm³/mol. The maximum absolute atomic E-state index is 5.68. The molecule has 0 radical (unpaired) electrons. The molecule has 0 N–H and O–H groups in total. The topological polar surface area (TPSA) is 111 Å². The van der Waals surface area contributed by atoms with Crippen LogP contribution in [0.5, 0.6) is 0 Å². The van der Waals surface area contributed by atoms with Crippen LogP contribution in [0, 0.1) is 0 Å². The molecule has 12 nitrogen and oxygen atoms in total. The highest BCUT2D eigenvalue weighted by molar-refractivity contribution is 4.50. The fourth-order valence-corrected chi connectivity index (χ4v) is 4.71. The summed E-state index contributed by atoms with van der Waals surface area (Å²) < 4.78 is 65.4. The van der Waals surface area contributed by atoms with Gasteiger partial charge >= 0.3 is 0 Å². The van der Waals surface area contributed by atoms with Crippen LogP contribution in [0.1, 0.15) is 90.4 Å². The van der Waals surface area contributed by atoms with Gasteiger partial charge in [-0.3, -0.25) is 0 Å². The van der Waals surface area contributed by atoms with Crippen LogP contribution in [0.25, 0.3) is 0 Å². The molecule has 12 heteroatoms. The van der Waals surface area contributed by atoms with Crippen LogP contribution in [0.2, 0.25) is 0 Å². The van der Waals surface area contributed by atoms with Crippen molar-refractivity contribution in [3.8, 4) is 0 Å². The Balaban J connectivity index is 3.04. The molecule has 0 unspecified atom stereocenters. The SMILES string of the molecule is C=COCCOCCOCCOCCOCCOCCOCCOCCOCCOCCOCCOCCCCCCCCCCCCCCC. The van der Waals surface area contributed by atoms with Crippen LogP contribution in [0.4, 0.5) is 0 Å². The number of ether oxygens (including phenoxy) is 12. The molecule has 0 heterocycles. The van der Waals surface area contributed by atoms with Gasteiger partial charge in [0.1, 0.15) is 6.61 Å². The molecule has 0 fully saturated rings. The molecule has 51 heavy (non-hydrogen) atoms. The highest BCUT2D eigenvalue weighted by Crippen LogP contribution is 2.12. The average Bonchev–Trinajstić information content (AvgIpc) is 3.14. The van der Waals surface area contributed by atoms with E-state index in [1.54, 1.807) is 0 Å². The Morgan fingerprint density at radius 2 is 0.451 bits per heavy atom. The first kappa shape index (κ1) is 50.1. The van der Waals surface area contributed by atoms with Gasteiger partial charge in [-0.05, 0) is 6.42 Å². The summed E-state index contributed by atoms with van der Waals surface area (Å²) in [4.78, 5) is 0. The van der Waals surface area contributed by atoms with Gasteiger partial charge < -0.3 is 56.8 Å². The van der Waals surface area contributed by atoms with E-state index < -0.39 is 0 Å². The Hall–Kier alpha value is -0.900. The lowest BCUT2D eigenvalue weighted by molar-refractivity contribution is -0.0279. The van der Waals surface area contributed by atoms with E-state index >= 15 is 0 Å². The summed E-state index contributed by atoms with van der Waals surface area (Å²) in [5, 5.41) is 0. The van der Waals surface area contributed by atoms with E-state index in [2.05, 4.69) is 13.5 Å². The van der Waals surface area contributed by atoms with Gasteiger partial charge in [-0.25, -0.2) is 0 Å². The molecule has 0 saturated carbocycles. The van der Waals surface area contributed by atoms with Gasteiger partial charge in [-0.15, -0.1) is 0 Å². The molecule has 0 aromatic carbocycles. The van der Waals surface area contributed by atoms with E-state index in [-0.39, 0.29) is 0 Å². The Morgan fingerprint density at radius 1 is 0.255 bits per heavy atom. The van der Waals surface area contributed by atoms with Gasteiger partial charge in [-0.2, -0.15) is 0 Å². The van der Waals surface area contributed by atoms with Gasteiger partial charge in [0.15, 0.2) is 0 Å². The van der Waals surface area contributed by atoms with Gasteiger partial charge in [0.2, 0.25) is 0 Å². The Bertz CT molecular complexity index is 617. The zero-order chi connectivity index (χ0) is 36.6. The molecule has 306 valence electrons. The van der Waals surface area contributed by atoms with Crippen molar-refractivity contribution in [3.05, 3.63) is 12.8 Å². The summed E-state index contributed by atoms with van der Waals surface area (Å²) in [6.45, 7) is 18.4. The average molecular weight is 739 g/mol. The fraction of sp³-hybridized carbons (Fsp3) is 0.949. The smallest absolute Gasteiger partial charge is 0.111 e. The van der Waals surface area contributed by atoms with Gasteiger partial charge in [0, 0.05) is 6.61 Å². The zero-order valence-electron chi connectivity index (χ0n) is 32.6. The van der Waals surface area contributed by atoms with Crippen molar-refractivity contribution in [1.29, 1.82) is 0 Å². The van der Waals surface area contributed by atoms with Crippen LogP contribution in [0.3, 0.4) is 0 Å². The quantitative estimate of drug-likeness (QED) is 0.0508. The van der Waals surface area contributed by atoms with Crippen LogP contribution in [-0.2, 0) is 56.8 Å². The second-order valence-corrected chi connectivity index (χ2v) is 12.0. The molecule has 0 aliphatic heterocycles. The fourth-order valence-electron chi connectivity index (χ4n) is 4.71. The number of rotatable bonds is 48. The van der Waals surface area contributed by atoms with Gasteiger partial charge in [-0.1, -0.05) is 90.6 Å². The number of hydrogen-bond acceptors (Lipinski definition) is 12. The highest BCUT2D eigenvalue weighted by atomic mass is 16.6. The van der Waals surface area contributed by atoms with Crippen LogP contribution < -0.4 is 0 Å². The molecule has 0 atom stereocenters. The van der Waals surface area contributed by atoms with E-state index in [0.717, 1.165) is 13.0 Å². The van der Waals surface area contributed by atoms with Crippen molar-refractivity contribution < 1.29 is 56.8 Å². The summed E-state index contributed by atoms with van der Waals surface area (Å²) in [5.41, 5.74) is 0. The second-order valence-electron chi connectivity index (χ2n) is 12.0. The number of unbranched alkanes of at least 4 members (excludes halogenated alkanes) is 12. The van der Waals surface area contributed by atoms with Crippen molar-refractivity contribution in [2.75, 3.05) is 152 Å². The molecular weight excluding hydrogens is 660 g/mol. The molecule has 0 spiro atoms. The maximum Gasteiger partial charge on any atom is 0.111 e. The summed E-state index contributed by atoms with van der Waals surface area (Å²) in [6, 6.07) is 0. The Labute approximate surface area is 311 Å². The van der Waals surface area contributed by atoms with Gasteiger partial charge in [0.05, 0.1) is 145 Å². The lowest BCUT2D eigenvalue weighted by Crippen LogP contribution is -2.15. The third kappa shape index (κ3) is 49.1. The minimum Gasteiger partial charge on any atom is -0.499 e. The lowest BCUT2D eigenvalue weighted by Gasteiger charge is -2.09. The summed E-state index contributed by atoms with van der Waals surface area (Å²) >= 11 is 0. The monoisotopic (exact) mass is 739 g/mol. The van der Waals surface area contributed by atoms with E-state index in [9.17, 15) is 0 Å². The van der Waals surface area contributed by atoms with Crippen molar-refractivity contribution in [1.82, 2.24) is 0 Å². The lowest BCUT2D eigenvalue weighted by atomic mass is 10.0. The Morgan fingerprint density at radius 3 is 0.686 bits per heavy atom. The molecule has 0 saturated heterocycles. The standard InChI is InChI=1S/C39H78O12/c1-3-5-6-7-8-9-10-11-12-13-14-15-16-17-41-20-21-43-24-25-45-28-29-47-32-33-49-36-37-51-39-38-50-35-34-48-31-30-46-27-26-44-23-22-42-19-18-40-4-2/h4H,2-3,5-39H2,1H3. The molecule has 0 aromatic heterocycles. The van der Waals surface area contributed by atoms with Crippen molar-refractivity contribution in [2.24, 2.45) is 0 Å². The highest BCUT2D eigenvalue weighted by Gasteiger charge is 1.98. The molecule has 0 aliphatic carbocycles. The van der Waals surface area contributed by atoms with E-state index in [0.29, 0.717) is 145 Å². The van der Waals surface area contributed by atoms with E-state index in [1.165, 1.54) is 83.3 Å². The molecule has 0 amide bonds. The van der Waals surface area contributed by atoms with Gasteiger partial charge in [0.25, 0.3) is 0 Å². The summed E-state index contributed by atoms with van der Waals surface area (Å²) in [6.07, 6.45) is 19.2. The van der Waals surface area contributed by atoms with Crippen LogP contribution in [0.15, 0.2) is 12.8 Å².